The first-order valence-corrected chi connectivity index (χ1v) is 10.8. The number of carbonyl (C=O) groups excluding carboxylic acids is 1. The maximum Gasteiger partial charge on any atom is 0.263 e. The smallest absolute Gasteiger partial charge is 0.263 e. The number of carbonyl (C=O) groups is 1. The predicted molar refractivity (Wildman–Crippen MR) is 113 cm³/mol. The van der Waals surface area contributed by atoms with Gasteiger partial charge in [0.15, 0.2) is 0 Å². The number of nitrogens with one attached hydrogen (secondary N) is 1. The van der Waals surface area contributed by atoms with Crippen LogP contribution >= 0.6 is 11.3 Å². The Morgan fingerprint density at radius 2 is 2.07 bits per heavy atom. The molecular weight excluding hydrogens is 384 g/mol. The van der Waals surface area contributed by atoms with Gasteiger partial charge >= 0.3 is 0 Å². The Morgan fingerprint density at radius 3 is 2.86 bits per heavy atom. The highest BCUT2D eigenvalue weighted by Crippen LogP contribution is 2.36. The second-order valence-electron chi connectivity index (χ2n) is 7.74. The Labute approximate surface area is 172 Å². The van der Waals surface area contributed by atoms with Gasteiger partial charge in [-0.05, 0) is 48.1 Å². The third-order valence-corrected chi connectivity index (χ3v) is 6.70. The van der Waals surface area contributed by atoms with E-state index in [-0.39, 0.29) is 22.9 Å². The standard InChI is InChI=1S/C22H22N4O2S/c27-21(24-11-17-4-3-9-29-17)18-6-7-19-16-10-15(13-26(19)22(18)28)12-25(14-16)20-5-1-2-8-23-20/h1-9,15-16H,10-14H2,(H,24,27)/t15-,16+/m0/s1. The Morgan fingerprint density at radius 1 is 1.14 bits per heavy atom. The van der Waals surface area contributed by atoms with Crippen LogP contribution in [0.3, 0.4) is 0 Å². The summed E-state index contributed by atoms with van der Waals surface area (Å²) in [6.07, 6.45) is 2.89. The van der Waals surface area contributed by atoms with Gasteiger partial charge in [0.05, 0.1) is 6.54 Å². The SMILES string of the molecule is O=C(NCc1cccs1)c1ccc2n(c1=O)C[C@H]1C[C@@H]2CN(c2ccccn2)C1. The third-order valence-electron chi connectivity index (χ3n) is 5.83. The lowest BCUT2D eigenvalue weighted by Crippen LogP contribution is -2.48. The summed E-state index contributed by atoms with van der Waals surface area (Å²) in [6, 6.07) is 13.5. The fourth-order valence-electron chi connectivity index (χ4n) is 4.52. The number of amides is 1. The van der Waals surface area contributed by atoms with E-state index in [0.717, 1.165) is 35.9 Å². The van der Waals surface area contributed by atoms with Gasteiger partial charge in [-0.1, -0.05) is 12.1 Å². The van der Waals surface area contributed by atoms with Gasteiger partial charge < -0.3 is 14.8 Å². The molecule has 2 aliphatic rings. The van der Waals surface area contributed by atoms with Crippen molar-refractivity contribution in [1.82, 2.24) is 14.9 Å². The largest absolute Gasteiger partial charge is 0.356 e. The van der Waals surface area contributed by atoms with E-state index < -0.39 is 0 Å². The minimum absolute atomic E-state index is 0.174. The van der Waals surface area contributed by atoms with Gasteiger partial charge in [-0.2, -0.15) is 0 Å². The van der Waals surface area contributed by atoms with Crippen molar-refractivity contribution in [2.45, 2.75) is 25.4 Å². The Hall–Kier alpha value is -2.93. The Kier molecular flexibility index (Phi) is 4.67. The second kappa shape index (κ2) is 7.48. The molecule has 3 aromatic rings. The number of thiophene rings is 1. The first-order valence-electron chi connectivity index (χ1n) is 9.89. The summed E-state index contributed by atoms with van der Waals surface area (Å²) in [7, 11) is 0. The molecule has 2 aliphatic heterocycles. The van der Waals surface area contributed by atoms with Crippen LogP contribution in [0.4, 0.5) is 5.82 Å². The van der Waals surface area contributed by atoms with E-state index in [1.54, 1.807) is 17.4 Å². The number of rotatable bonds is 4. The minimum atomic E-state index is -0.301. The highest BCUT2D eigenvalue weighted by molar-refractivity contribution is 7.09. The monoisotopic (exact) mass is 406 g/mol. The Bertz CT molecular complexity index is 1080. The normalized spacial score (nSPS) is 20.2. The van der Waals surface area contributed by atoms with Crippen molar-refractivity contribution in [1.29, 1.82) is 0 Å². The first kappa shape index (κ1) is 18.1. The molecule has 6 nitrogen and oxygen atoms in total. The molecular formula is C22H22N4O2S. The van der Waals surface area contributed by atoms with Gasteiger partial charge in [0.2, 0.25) is 0 Å². The molecule has 2 atom stereocenters. The predicted octanol–water partition coefficient (Wildman–Crippen LogP) is 2.86. The van der Waals surface area contributed by atoms with Crippen LogP contribution in [-0.4, -0.2) is 28.5 Å². The number of aromatic nitrogens is 2. The van der Waals surface area contributed by atoms with E-state index >= 15 is 0 Å². The molecule has 0 unspecified atom stereocenters. The van der Waals surface area contributed by atoms with Gasteiger partial charge in [-0.3, -0.25) is 9.59 Å². The van der Waals surface area contributed by atoms with Crippen molar-refractivity contribution in [3.05, 3.63) is 80.5 Å². The molecule has 2 bridgehead atoms. The minimum Gasteiger partial charge on any atom is -0.356 e. The summed E-state index contributed by atoms with van der Waals surface area (Å²) >= 11 is 1.59. The van der Waals surface area contributed by atoms with Crippen LogP contribution in [-0.2, 0) is 13.1 Å². The summed E-state index contributed by atoms with van der Waals surface area (Å²) in [4.78, 5) is 33.5. The fraction of sp³-hybridized carbons (Fsp3) is 0.318. The topological polar surface area (TPSA) is 67.2 Å². The lowest BCUT2D eigenvalue weighted by Gasteiger charge is -2.43. The molecule has 0 aromatic carbocycles. The van der Waals surface area contributed by atoms with Crippen LogP contribution in [0.2, 0.25) is 0 Å². The van der Waals surface area contributed by atoms with Crippen molar-refractivity contribution in [2.75, 3.05) is 18.0 Å². The third kappa shape index (κ3) is 3.46. The maximum atomic E-state index is 13.1. The molecule has 1 N–H and O–H groups in total. The van der Waals surface area contributed by atoms with Gasteiger partial charge in [-0.25, -0.2) is 4.98 Å². The molecule has 0 spiro atoms. The number of pyridine rings is 2. The van der Waals surface area contributed by atoms with E-state index in [0.29, 0.717) is 19.0 Å². The molecule has 5 rings (SSSR count). The highest BCUT2D eigenvalue weighted by Gasteiger charge is 2.35. The van der Waals surface area contributed by atoms with E-state index in [1.807, 2.05) is 52.5 Å². The summed E-state index contributed by atoms with van der Waals surface area (Å²) < 4.78 is 1.83. The summed E-state index contributed by atoms with van der Waals surface area (Å²) in [5.74, 6) is 1.35. The van der Waals surface area contributed by atoms with Crippen molar-refractivity contribution in [3.63, 3.8) is 0 Å². The van der Waals surface area contributed by atoms with Gasteiger partial charge in [0.25, 0.3) is 11.5 Å². The van der Waals surface area contributed by atoms with Crippen molar-refractivity contribution < 1.29 is 4.79 Å². The molecule has 7 heteroatoms. The molecule has 0 aliphatic carbocycles. The van der Waals surface area contributed by atoms with Crippen molar-refractivity contribution >= 4 is 23.1 Å². The first-order chi connectivity index (χ1) is 14.2. The van der Waals surface area contributed by atoms with Crippen molar-refractivity contribution in [2.24, 2.45) is 5.92 Å². The molecule has 29 heavy (non-hydrogen) atoms. The van der Waals surface area contributed by atoms with Crippen LogP contribution in [0.5, 0.6) is 0 Å². The average Bonchev–Trinajstić information content (AvgIpc) is 3.27. The Balaban J connectivity index is 1.38. The number of anilines is 1. The molecule has 148 valence electrons. The van der Waals surface area contributed by atoms with Crippen LogP contribution in [0.25, 0.3) is 0 Å². The second-order valence-corrected chi connectivity index (χ2v) is 8.77. The lowest BCUT2D eigenvalue weighted by atomic mass is 9.83. The zero-order valence-electron chi connectivity index (χ0n) is 16.0. The molecule has 0 radical (unpaired) electrons. The highest BCUT2D eigenvalue weighted by atomic mass is 32.1. The maximum absolute atomic E-state index is 13.1. The van der Waals surface area contributed by atoms with Gasteiger partial charge in [-0.15, -0.1) is 11.3 Å². The van der Waals surface area contributed by atoms with Gasteiger partial charge in [0.1, 0.15) is 11.4 Å². The van der Waals surface area contributed by atoms with E-state index in [9.17, 15) is 9.59 Å². The van der Waals surface area contributed by atoms with E-state index in [4.69, 9.17) is 0 Å². The van der Waals surface area contributed by atoms with E-state index in [2.05, 4.69) is 15.2 Å². The van der Waals surface area contributed by atoms with Gasteiger partial charge in [0, 0.05) is 42.3 Å². The lowest BCUT2D eigenvalue weighted by molar-refractivity contribution is 0.0948. The zero-order chi connectivity index (χ0) is 19.8. The molecule has 1 fully saturated rings. The number of hydrogen-bond donors (Lipinski definition) is 1. The molecule has 1 amide bonds. The number of hydrogen-bond acceptors (Lipinski definition) is 5. The zero-order valence-corrected chi connectivity index (χ0v) is 16.8. The van der Waals surface area contributed by atoms with Crippen molar-refractivity contribution in [3.8, 4) is 0 Å². The number of nitrogens with zero attached hydrogens (tertiary/aromatic N) is 3. The number of piperidine rings is 1. The average molecular weight is 407 g/mol. The molecule has 5 heterocycles. The quantitative estimate of drug-likeness (QED) is 0.724. The van der Waals surface area contributed by atoms with Crippen LogP contribution in [0.15, 0.2) is 58.8 Å². The summed E-state index contributed by atoms with van der Waals surface area (Å²) in [5, 5.41) is 4.84. The summed E-state index contributed by atoms with van der Waals surface area (Å²) in [5.41, 5.74) is 1.08. The molecule has 1 saturated heterocycles. The molecule has 3 aromatic heterocycles. The van der Waals surface area contributed by atoms with E-state index in [1.165, 1.54) is 0 Å². The number of fused-ring (bicyclic) bond motifs is 4. The van der Waals surface area contributed by atoms with Crippen LogP contribution < -0.4 is 15.8 Å². The van der Waals surface area contributed by atoms with Crippen LogP contribution in [0.1, 0.15) is 33.3 Å². The fourth-order valence-corrected chi connectivity index (χ4v) is 5.17. The summed E-state index contributed by atoms with van der Waals surface area (Å²) in [6.45, 7) is 2.83. The van der Waals surface area contributed by atoms with Crippen LogP contribution in [0, 0.1) is 5.92 Å². The molecule has 0 saturated carbocycles.